The largest absolute Gasteiger partial charge is 0.286 e. The number of rotatable bonds is 8. The molecule has 1 N–H and O–H groups in total. The summed E-state index contributed by atoms with van der Waals surface area (Å²) >= 11 is 0. The van der Waals surface area contributed by atoms with Crippen LogP contribution in [0.5, 0.6) is 0 Å². The molecule has 3 nitrogen and oxygen atoms in total. The Morgan fingerprint density at radius 3 is 2.32 bits per heavy atom. The van der Waals surface area contributed by atoms with Gasteiger partial charge in [0.1, 0.15) is 0 Å². The van der Waals surface area contributed by atoms with Crippen molar-refractivity contribution < 1.29 is 13.0 Å². The highest BCUT2D eigenvalue weighted by molar-refractivity contribution is 7.85. The van der Waals surface area contributed by atoms with Gasteiger partial charge >= 0.3 is 0 Å². The van der Waals surface area contributed by atoms with Crippen LogP contribution in [0.1, 0.15) is 45.6 Å². The molecule has 0 spiro atoms. The van der Waals surface area contributed by atoms with Crippen LogP contribution in [0.3, 0.4) is 0 Å². The van der Waals surface area contributed by atoms with Gasteiger partial charge in [0.05, 0.1) is 5.75 Å². The van der Waals surface area contributed by atoms with Gasteiger partial charge in [-0.3, -0.25) is 4.55 Å². The highest BCUT2D eigenvalue weighted by Crippen LogP contribution is 2.21. The summed E-state index contributed by atoms with van der Waals surface area (Å²) in [6.07, 6.45) is 7.67. The molecule has 0 heterocycles. The van der Waals surface area contributed by atoms with Gasteiger partial charge in [-0.15, -0.1) is 0 Å². The quantitative estimate of drug-likeness (QED) is 0.435. The minimum absolute atomic E-state index is 0.142. The van der Waals surface area contributed by atoms with E-state index in [1.807, 2.05) is 18.2 Å². The zero-order valence-electron chi connectivity index (χ0n) is 13.8. The standard InChI is InChI=1S/C18H28O3S/c1-18(2,3)13-12-17(11-7-8-14-22(19,20)21)15-16-9-5-4-6-10-16/h4-6,9-10,12-13,17H,7-8,11,14-15H2,1-3H3,(H,19,20,21)/b13-12+/t17-/m0/s1. The van der Waals surface area contributed by atoms with Crippen LogP contribution < -0.4 is 0 Å². The Labute approximate surface area is 135 Å². The fourth-order valence-corrected chi connectivity index (χ4v) is 2.87. The SMILES string of the molecule is CC(C)(C)/C=C/[C@H](CCCCS(=O)(=O)O)Cc1ccccc1. The Balaban J connectivity index is 2.60. The first-order chi connectivity index (χ1) is 10.2. The summed E-state index contributed by atoms with van der Waals surface area (Å²) in [4.78, 5) is 0. The Bertz CT molecular complexity index is 554. The summed E-state index contributed by atoms with van der Waals surface area (Å²) in [6, 6.07) is 10.3. The van der Waals surface area contributed by atoms with E-state index < -0.39 is 10.1 Å². The fraction of sp³-hybridized carbons (Fsp3) is 0.556. The van der Waals surface area contributed by atoms with E-state index in [1.165, 1.54) is 5.56 Å². The minimum atomic E-state index is -3.83. The molecule has 22 heavy (non-hydrogen) atoms. The zero-order valence-corrected chi connectivity index (χ0v) is 14.6. The summed E-state index contributed by atoms with van der Waals surface area (Å²) < 4.78 is 30.3. The smallest absolute Gasteiger partial charge is 0.264 e. The summed E-state index contributed by atoms with van der Waals surface area (Å²) in [5, 5.41) is 0. The average Bonchev–Trinajstić information content (AvgIpc) is 2.40. The zero-order chi connectivity index (χ0) is 16.6. The minimum Gasteiger partial charge on any atom is -0.286 e. The molecular formula is C18H28O3S. The van der Waals surface area contributed by atoms with Gasteiger partial charge in [-0.25, -0.2) is 0 Å². The van der Waals surface area contributed by atoms with E-state index >= 15 is 0 Å². The van der Waals surface area contributed by atoms with E-state index in [4.69, 9.17) is 4.55 Å². The second kappa shape index (κ2) is 8.49. The molecule has 0 amide bonds. The molecule has 1 aromatic rings. The third-order valence-electron chi connectivity index (χ3n) is 3.44. The van der Waals surface area contributed by atoms with E-state index in [0.29, 0.717) is 12.3 Å². The predicted molar refractivity (Wildman–Crippen MR) is 92.5 cm³/mol. The highest BCUT2D eigenvalue weighted by Gasteiger charge is 2.11. The lowest BCUT2D eigenvalue weighted by Crippen LogP contribution is -2.07. The van der Waals surface area contributed by atoms with Crippen molar-refractivity contribution in [2.75, 3.05) is 5.75 Å². The molecule has 0 aliphatic carbocycles. The van der Waals surface area contributed by atoms with Crippen LogP contribution >= 0.6 is 0 Å². The molecule has 1 aromatic carbocycles. The fourth-order valence-electron chi connectivity index (χ4n) is 2.30. The van der Waals surface area contributed by atoms with Gasteiger partial charge in [-0.1, -0.05) is 69.7 Å². The van der Waals surface area contributed by atoms with Crippen LogP contribution in [0, 0.1) is 11.3 Å². The Morgan fingerprint density at radius 2 is 1.77 bits per heavy atom. The Kier molecular flexibility index (Phi) is 7.30. The second-order valence-corrected chi connectivity index (χ2v) is 8.53. The molecule has 0 bridgehead atoms. The normalized spacial score (nSPS) is 14.4. The van der Waals surface area contributed by atoms with Gasteiger partial charge in [0.25, 0.3) is 10.1 Å². The van der Waals surface area contributed by atoms with Crippen molar-refractivity contribution in [3.63, 3.8) is 0 Å². The summed E-state index contributed by atoms with van der Waals surface area (Å²) in [5.74, 6) is 0.247. The van der Waals surface area contributed by atoms with Crippen LogP contribution in [0.2, 0.25) is 0 Å². The van der Waals surface area contributed by atoms with Crippen molar-refractivity contribution in [3.8, 4) is 0 Å². The molecule has 4 heteroatoms. The van der Waals surface area contributed by atoms with Crippen molar-refractivity contribution >= 4 is 10.1 Å². The van der Waals surface area contributed by atoms with Crippen LogP contribution in [0.4, 0.5) is 0 Å². The van der Waals surface area contributed by atoms with Crippen LogP contribution in [0.15, 0.2) is 42.5 Å². The van der Waals surface area contributed by atoms with Crippen LogP contribution in [-0.4, -0.2) is 18.7 Å². The molecule has 0 unspecified atom stereocenters. The molecule has 0 aliphatic heterocycles. The third kappa shape index (κ3) is 9.74. The maximum absolute atomic E-state index is 10.8. The lowest BCUT2D eigenvalue weighted by Gasteiger charge is -2.17. The summed E-state index contributed by atoms with van der Waals surface area (Å²) in [5.41, 5.74) is 1.43. The number of hydrogen-bond donors (Lipinski definition) is 1. The monoisotopic (exact) mass is 324 g/mol. The van der Waals surface area contributed by atoms with Gasteiger partial charge in [0.2, 0.25) is 0 Å². The molecular weight excluding hydrogens is 296 g/mol. The van der Waals surface area contributed by atoms with Gasteiger partial charge in [-0.2, -0.15) is 8.42 Å². The van der Waals surface area contributed by atoms with E-state index in [9.17, 15) is 8.42 Å². The second-order valence-electron chi connectivity index (χ2n) is 6.96. The average molecular weight is 324 g/mol. The van der Waals surface area contributed by atoms with E-state index in [0.717, 1.165) is 19.3 Å². The molecule has 0 radical (unpaired) electrons. The number of allylic oxidation sites excluding steroid dienone is 2. The third-order valence-corrected chi connectivity index (χ3v) is 4.24. The van der Waals surface area contributed by atoms with Crippen LogP contribution in [0.25, 0.3) is 0 Å². The maximum Gasteiger partial charge on any atom is 0.264 e. The van der Waals surface area contributed by atoms with E-state index in [-0.39, 0.29) is 11.2 Å². The number of hydrogen-bond acceptors (Lipinski definition) is 2. The first kappa shape index (κ1) is 18.9. The lowest BCUT2D eigenvalue weighted by atomic mass is 9.89. The molecule has 0 fully saturated rings. The first-order valence-electron chi connectivity index (χ1n) is 7.84. The number of benzene rings is 1. The lowest BCUT2D eigenvalue weighted by molar-refractivity contribution is 0.475. The molecule has 0 aliphatic rings. The van der Waals surface area contributed by atoms with Gasteiger partial charge in [0.15, 0.2) is 0 Å². The van der Waals surface area contributed by atoms with E-state index in [2.05, 4.69) is 45.1 Å². The molecule has 0 aromatic heterocycles. The molecule has 1 atom stereocenters. The molecule has 1 rings (SSSR count). The molecule has 0 saturated carbocycles. The van der Waals surface area contributed by atoms with Crippen molar-refractivity contribution in [3.05, 3.63) is 48.0 Å². The van der Waals surface area contributed by atoms with Gasteiger partial charge < -0.3 is 0 Å². The predicted octanol–water partition coefficient (Wildman–Crippen LogP) is 4.51. The van der Waals surface area contributed by atoms with Crippen molar-refractivity contribution in [2.24, 2.45) is 11.3 Å². The van der Waals surface area contributed by atoms with E-state index in [1.54, 1.807) is 0 Å². The summed E-state index contributed by atoms with van der Waals surface area (Å²) in [7, 11) is -3.83. The van der Waals surface area contributed by atoms with Crippen LogP contribution in [-0.2, 0) is 16.5 Å². The maximum atomic E-state index is 10.8. The van der Waals surface area contributed by atoms with Gasteiger partial charge in [0, 0.05) is 0 Å². The van der Waals surface area contributed by atoms with Crippen molar-refractivity contribution in [1.82, 2.24) is 0 Å². The van der Waals surface area contributed by atoms with Crippen molar-refractivity contribution in [1.29, 1.82) is 0 Å². The van der Waals surface area contributed by atoms with Gasteiger partial charge in [-0.05, 0) is 36.2 Å². The molecule has 0 saturated heterocycles. The molecule has 124 valence electrons. The topological polar surface area (TPSA) is 54.4 Å². The highest BCUT2D eigenvalue weighted by atomic mass is 32.2. The first-order valence-corrected chi connectivity index (χ1v) is 9.45. The Morgan fingerprint density at radius 1 is 1.14 bits per heavy atom. The summed E-state index contributed by atoms with van der Waals surface area (Å²) in [6.45, 7) is 6.50. The van der Waals surface area contributed by atoms with Crippen molar-refractivity contribution in [2.45, 2.75) is 46.5 Å². The Hall–Kier alpha value is -1.13. The number of unbranched alkanes of at least 4 members (excludes halogenated alkanes) is 1.